The molecule has 0 spiro atoms. The van der Waals surface area contributed by atoms with E-state index in [0.29, 0.717) is 0 Å². The summed E-state index contributed by atoms with van der Waals surface area (Å²) in [5.74, 6) is 0.972. The Labute approximate surface area is 119 Å². The van der Waals surface area contributed by atoms with Gasteiger partial charge >= 0.3 is 0 Å². The van der Waals surface area contributed by atoms with Gasteiger partial charge in [0, 0.05) is 21.1 Å². The third kappa shape index (κ3) is 3.24. The van der Waals surface area contributed by atoms with Crippen LogP contribution in [0.1, 0.15) is 17.4 Å². The topological polar surface area (TPSA) is 25.2 Å². The third-order valence-electron chi connectivity index (χ3n) is 2.67. The molecule has 2 rings (SSSR count). The highest BCUT2D eigenvalue weighted by Crippen LogP contribution is 2.26. The Bertz CT molecular complexity index is 484. The van der Waals surface area contributed by atoms with Gasteiger partial charge < -0.3 is 9.73 Å². The highest BCUT2D eigenvalue weighted by molar-refractivity contribution is 14.1. The zero-order valence-electron chi connectivity index (χ0n) is 9.41. The van der Waals surface area contributed by atoms with Crippen molar-refractivity contribution in [3.63, 3.8) is 0 Å². The standard InChI is InChI=1S/C13H13ClINO/c1-16-13(8-10-3-2-6-17-10)11-7-9(14)4-5-12(11)15/h2-7,13,16H,8H2,1H3. The van der Waals surface area contributed by atoms with Crippen LogP contribution in [0.2, 0.25) is 5.02 Å². The van der Waals surface area contributed by atoms with Gasteiger partial charge in [0.15, 0.2) is 0 Å². The Balaban J connectivity index is 2.25. The van der Waals surface area contributed by atoms with Crippen LogP contribution in [-0.2, 0) is 6.42 Å². The second-order valence-electron chi connectivity index (χ2n) is 3.79. The molecule has 17 heavy (non-hydrogen) atoms. The van der Waals surface area contributed by atoms with Crippen LogP contribution in [0.25, 0.3) is 0 Å². The van der Waals surface area contributed by atoms with E-state index in [9.17, 15) is 0 Å². The van der Waals surface area contributed by atoms with Gasteiger partial charge in [0.2, 0.25) is 0 Å². The van der Waals surface area contributed by atoms with Gasteiger partial charge in [-0.25, -0.2) is 0 Å². The fourth-order valence-electron chi connectivity index (χ4n) is 1.78. The summed E-state index contributed by atoms with van der Waals surface area (Å²) in [5.41, 5.74) is 1.21. The summed E-state index contributed by atoms with van der Waals surface area (Å²) in [4.78, 5) is 0. The van der Waals surface area contributed by atoms with E-state index in [0.717, 1.165) is 17.2 Å². The largest absolute Gasteiger partial charge is 0.469 e. The summed E-state index contributed by atoms with van der Waals surface area (Å²) >= 11 is 8.37. The number of furan rings is 1. The summed E-state index contributed by atoms with van der Waals surface area (Å²) in [6, 6.07) is 10.1. The van der Waals surface area contributed by atoms with E-state index in [-0.39, 0.29) is 6.04 Å². The van der Waals surface area contributed by atoms with Crippen LogP contribution in [0, 0.1) is 3.57 Å². The van der Waals surface area contributed by atoms with Crippen LogP contribution >= 0.6 is 34.2 Å². The van der Waals surface area contributed by atoms with Crippen LogP contribution in [0.4, 0.5) is 0 Å². The number of rotatable bonds is 4. The lowest BCUT2D eigenvalue weighted by atomic mass is 10.0. The van der Waals surface area contributed by atoms with Crippen molar-refractivity contribution in [3.05, 3.63) is 56.5 Å². The molecule has 0 saturated heterocycles. The van der Waals surface area contributed by atoms with Crippen LogP contribution in [0.15, 0.2) is 41.0 Å². The van der Waals surface area contributed by atoms with Crippen LogP contribution < -0.4 is 5.32 Å². The first-order chi connectivity index (χ1) is 8.20. The second kappa shape index (κ2) is 5.89. The van der Waals surface area contributed by atoms with Crippen LogP contribution in [0.5, 0.6) is 0 Å². The first-order valence-corrected chi connectivity index (χ1v) is 6.81. The number of hydrogen-bond acceptors (Lipinski definition) is 2. The van der Waals surface area contributed by atoms with E-state index < -0.39 is 0 Å². The lowest BCUT2D eigenvalue weighted by Crippen LogP contribution is -2.19. The number of nitrogens with one attached hydrogen (secondary N) is 1. The second-order valence-corrected chi connectivity index (χ2v) is 5.39. The van der Waals surface area contributed by atoms with Crippen molar-refractivity contribution in [2.45, 2.75) is 12.5 Å². The monoisotopic (exact) mass is 361 g/mol. The molecule has 0 aliphatic heterocycles. The number of halogens is 2. The highest BCUT2D eigenvalue weighted by atomic mass is 127. The molecule has 2 nitrogen and oxygen atoms in total. The van der Waals surface area contributed by atoms with E-state index in [2.05, 4.69) is 27.9 Å². The van der Waals surface area contributed by atoms with Gasteiger partial charge in [-0.15, -0.1) is 0 Å². The molecule has 0 saturated carbocycles. The molecule has 0 amide bonds. The average Bonchev–Trinajstić information content (AvgIpc) is 2.82. The van der Waals surface area contributed by atoms with E-state index in [1.54, 1.807) is 6.26 Å². The van der Waals surface area contributed by atoms with Crippen molar-refractivity contribution in [1.29, 1.82) is 0 Å². The summed E-state index contributed by atoms with van der Waals surface area (Å²) in [5, 5.41) is 4.07. The van der Waals surface area contributed by atoms with Gasteiger partial charge in [0.05, 0.1) is 6.26 Å². The molecule has 2 aromatic rings. The first kappa shape index (κ1) is 12.9. The van der Waals surface area contributed by atoms with Crippen molar-refractivity contribution >= 4 is 34.2 Å². The van der Waals surface area contributed by atoms with Gasteiger partial charge in [-0.3, -0.25) is 0 Å². The number of likely N-dealkylation sites (N-methyl/N-ethyl adjacent to an activating group) is 1. The zero-order chi connectivity index (χ0) is 12.3. The van der Waals surface area contributed by atoms with Gasteiger partial charge in [0.25, 0.3) is 0 Å². The molecule has 1 N–H and O–H groups in total. The fourth-order valence-corrected chi connectivity index (χ4v) is 2.67. The number of benzene rings is 1. The minimum absolute atomic E-state index is 0.215. The van der Waals surface area contributed by atoms with E-state index in [1.165, 1.54) is 9.13 Å². The molecule has 0 aliphatic carbocycles. The van der Waals surface area contributed by atoms with E-state index >= 15 is 0 Å². The zero-order valence-corrected chi connectivity index (χ0v) is 12.3. The molecule has 0 radical (unpaired) electrons. The molecule has 1 atom stereocenters. The average molecular weight is 362 g/mol. The maximum absolute atomic E-state index is 6.05. The summed E-state index contributed by atoms with van der Waals surface area (Å²) in [6.07, 6.45) is 2.52. The highest BCUT2D eigenvalue weighted by Gasteiger charge is 2.15. The Morgan fingerprint density at radius 2 is 2.24 bits per heavy atom. The predicted molar refractivity (Wildman–Crippen MR) is 78.4 cm³/mol. The summed E-state index contributed by atoms with van der Waals surface area (Å²) < 4.78 is 6.59. The smallest absolute Gasteiger partial charge is 0.105 e. The molecule has 1 aromatic carbocycles. The predicted octanol–water partition coefficient (Wildman–Crippen LogP) is 4.04. The van der Waals surface area contributed by atoms with Gasteiger partial charge in [0.1, 0.15) is 5.76 Å². The van der Waals surface area contributed by atoms with E-state index in [1.807, 2.05) is 37.4 Å². The molecule has 0 aliphatic rings. The first-order valence-electron chi connectivity index (χ1n) is 5.35. The van der Waals surface area contributed by atoms with Gasteiger partial charge in [-0.2, -0.15) is 0 Å². The molecule has 1 heterocycles. The van der Waals surface area contributed by atoms with Crippen molar-refractivity contribution in [3.8, 4) is 0 Å². The quantitative estimate of drug-likeness (QED) is 0.832. The Hall–Kier alpha value is -0.520. The molecule has 0 bridgehead atoms. The normalized spacial score (nSPS) is 12.6. The lowest BCUT2D eigenvalue weighted by Gasteiger charge is -2.17. The van der Waals surface area contributed by atoms with Gasteiger partial charge in [-0.05, 0) is 65.5 Å². The Morgan fingerprint density at radius 3 is 2.88 bits per heavy atom. The van der Waals surface area contributed by atoms with Gasteiger partial charge in [-0.1, -0.05) is 11.6 Å². The summed E-state index contributed by atoms with van der Waals surface area (Å²) in [7, 11) is 1.95. The lowest BCUT2D eigenvalue weighted by molar-refractivity contribution is 0.465. The Kier molecular flexibility index (Phi) is 4.48. The third-order valence-corrected chi connectivity index (χ3v) is 3.88. The SMILES string of the molecule is CNC(Cc1ccco1)c1cc(Cl)ccc1I. The molecule has 0 fully saturated rings. The minimum Gasteiger partial charge on any atom is -0.469 e. The number of hydrogen-bond donors (Lipinski definition) is 1. The molecule has 90 valence electrons. The molecular formula is C13H13ClINO. The van der Waals surface area contributed by atoms with Crippen molar-refractivity contribution < 1.29 is 4.42 Å². The molecule has 1 unspecified atom stereocenters. The molecular weight excluding hydrogens is 349 g/mol. The molecule has 1 aromatic heterocycles. The summed E-state index contributed by atoms with van der Waals surface area (Å²) in [6.45, 7) is 0. The van der Waals surface area contributed by atoms with Crippen molar-refractivity contribution in [2.75, 3.05) is 7.05 Å². The van der Waals surface area contributed by atoms with E-state index in [4.69, 9.17) is 16.0 Å². The maximum Gasteiger partial charge on any atom is 0.105 e. The maximum atomic E-state index is 6.05. The Morgan fingerprint density at radius 1 is 1.41 bits per heavy atom. The molecule has 4 heteroatoms. The fraction of sp³-hybridized carbons (Fsp3) is 0.231. The van der Waals surface area contributed by atoms with Crippen LogP contribution in [0.3, 0.4) is 0 Å². The minimum atomic E-state index is 0.215. The van der Waals surface area contributed by atoms with Crippen molar-refractivity contribution in [2.24, 2.45) is 0 Å². The van der Waals surface area contributed by atoms with Crippen LogP contribution in [-0.4, -0.2) is 7.05 Å². The van der Waals surface area contributed by atoms with Crippen molar-refractivity contribution in [1.82, 2.24) is 5.32 Å².